The monoisotopic (exact) mass is 238 g/mol. The van der Waals surface area contributed by atoms with Crippen LogP contribution < -0.4 is 15.9 Å². The molecule has 1 aromatic rings. The van der Waals surface area contributed by atoms with Gasteiger partial charge < -0.3 is 20.8 Å². The van der Waals surface area contributed by atoms with Crippen LogP contribution in [0.1, 0.15) is 0 Å². The Bertz CT molecular complexity index is 377. The first-order valence-corrected chi connectivity index (χ1v) is 5.55. The summed E-state index contributed by atoms with van der Waals surface area (Å²) in [6, 6.07) is 0. The molecule has 0 bridgehead atoms. The highest BCUT2D eigenvalue weighted by molar-refractivity contribution is 5.65. The van der Waals surface area contributed by atoms with Gasteiger partial charge in [-0.3, -0.25) is 0 Å². The molecule has 1 fully saturated rings. The average molecular weight is 238 g/mol. The van der Waals surface area contributed by atoms with Crippen molar-refractivity contribution in [2.24, 2.45) is 0 Å². The molecule has 0 saturated carbocycles. The maximum absolute atomic E-state index is 5.89. The number of methoxy groups -OCH3 is 1. The molecule has 3 N–H and O–H groups in total. The Labute approximate surface area is 101 Å². The molecular weight excluding hydrogens is 220 g/mol. The van der Waals surface area contributed by atoms with Crippen LogP contribution >= 0.6 is 0 Å². The molecule has 0 amide bonds. The number of anilines is 2. The van der Waals surface area contributed by atoms with Crippen molar-refractivity contribution in [3.05, 3.63) is 6.33 Å². The highest BCUT2D eigenvalue weighted by Gasteiger charge is 2.16. The van der Waals surface area contributed by atoms with Gasteiger partial charge in [0.25, 0.3) is 0 Å². The molecule has 0 spiro atoms. The van der Waals surface area contributed by atoms with E-state index in [-0.39, 0.29) is 0 Å². The minimum atomic E-state index is 0.400. The smallest absolute Gasteiger partial charge is 0.242 e. The van der Waals surface area contributed by atoms with Crippen LogP contribution in [0.5, 0.6) is 5.88 Å². The topological polar surface area (TPSA) is 79.5 Å². The first-order chi connectivity index (χ1) is 8.20. The number of nitrogens with zero attached hydrogens (tertiary/aromatic N) is 4. The molecular formula is C10H18N6O. The van der Waals surface area contributed by atoms with Gasteiger partial charge in [0.05, 0.1) is 7.11 Å². The van der Waals surface area contributed by atoms with Crippen LogP contribution in [0.25, 0.3) is 0 Å². The Morgan fingerprint density at radius 3 is 2.65 bits per heavy atom. The summed E-state index contributed by atoms with van der Waals surface area (Å²) in [4.78, 5) is 10.3. The summed E-state index contributed by atoms with van der Waals surface area (Å²) in [5.41, 5.74) is 9.52. The van der Waals surface area contributed by atoms with Crippen LogP contribution in [0.2, 0.25) is 0 Å². The molecule has 7 nitrogen and oxygen atoms in total. The fourth-order valence-corrected chi connectivity index (χ4v) is 1.70. The highest BCUT2D eigenvalue weighted by atomic mass is 16.5. The SMILES string of the molecule is COc1ncnc(NN2CCN(C)CC2)c1N. The van der Waals surface area contributed by atoms with Gasteiger partial charge in [-0.25, -0.2) is 9.99 Å². The lowest BCUT2D eigenvalue weighted by molar-refractivity contribution is 0.178. The molecule has 0 radical (unpaired) electrons. The third kappa shape index (κ3) is 2.75. The molecule has 17 heavy (non-hydrogen) atoms. The minimum Gasteiger partial charge on any atom is -0.479 e. The van der Waals surface area contributed by atoms with Gasteiger partial charge in [-0.2, -0.15) is 4.98 Å². The molecule has 1 aromatic heterocycles. The zero-order valence-electron chi connectivity index (χ0n) is 10.2. The van der Waals surface area contributed by atoms with Gasteiger partial charge in [0.1, 0.15) is 12.0 Å². The van der Waals surface area contributed by atoms with Crippen LogP contribution in [-0.2, 0) is 0 Å². The lowest BCUT2D eigenvalue weighted by atomic mass is 10.4. The Morgan fingerprint density at radius 1 is 1.29 bits per heavy atom. The van der Waals surface area contributed by atoms with Crippen LogP contribution in [0, 0.1) is 0 Å². The number of hydrogen-bond donors (Lipinski definition) is 2. The van der Waals surface area contributed by atoms with E-state index < -0.39 is 0 Å². The standard InChI is InChI=1S/C10H18N6O/c1-15-3-5-16(6-4-15)14-9-8(11)10(17-2)13-7-12-9/h7H,3-6,11H2,1-2H3,(H,12,13,14). The third-order valence-corrected chi connectivity index (χ3v) is 2.81. The summed E-state index contributed by atoms with van der Waals surface area (Å²) in [6.07, 6.45) is 1.44. The van der Waals surface area contributed by atoms with Crippen LogP contribution in [0.3, 0.4) is 0 Å². The number of rotatable bonds is 3. The number of nitrogens with two attached hydrogens (primary N) is 1. The molecule has 94 valence electrons. The van der Waals surface area contributed by atoms with Gasteiger partial charge in [0, 0.05) is 26.2 Å². The second kappa shape index (κ2) is 5.15. The zero-order valence-corrected chi connectivity index (χ0v) is 10.2. The van der Waals surface area contributed by atoms with Crippen LogP contribution in [0.4, 0.5) is 11.5 Å². The summed E-state index contributed by atoms with van der Waals surface area (Å²) >= 11 is 0. The van der Waals surface area contributed by atoms with Gasteiger partial charge in [-0.15, -0.1) is 0 Å². The van der Waals surface area contributed by atoms with E-state index in [9.17, 15) is 0 Å². The number of hydrazine groups is 1. The van der Waals surface area contributed by atoms with Crippen molar-refractivity contribution in [1.82, 2.24) is 19.9 Å². The Morgan fingerprint density at radius 2 is 2.00 bits per heavy atom. The molecule has 0 atom stereocenters. The molecule has 0 aliphatic carbocycles. The van der Waals surface area contributed by atoms with Gasteiger partial charge >= 0.3 is 0 Å². The van der Waals surface area contributed by atoms with Gasteiger partial charge in [-0.1, -0.05) is 0 Å². The quantitative estimate of drug-likeness (QED) is 0.744. The largest absolute Gasteiger partial charge is 0.479 e. The summed E-state index contributed by atoms with van der Waals surface area (Å²) in [7, 11) is 3.65. The van der Waals surface area contributed by atoms with Crippen molar-refractivity contribution in [2.45, 2.75) is 0 Å². The van der Waals surface area contributed by atoms with Crippen molar-refractivity contribution >= 4 is 11.5 Å². The van der Waals surface area contributed by atoms with E-state index in [1.54, 1.807) is 7.11 Å². The van der Waals surface area contributed by atoms with E-state index in [4.69, 9.17) is 10.5 Å². The lowest BCUT2D eigenvalue weighted by Crippen LogP contribution is -2.47. The Kier molecular flexibility index (Phi) is 3.60. The average Bonchev–Trinajstić information content (AvgIpc) is 2.35. The molecule has 0 aromatic carbocycles. The zero-order chi connectivity index (χ0) is 12.3. The predicted octanol–water partition coefficient (Wildman–Crippen LogP) is -0.358. The van der Waals surface area contributed by atoms with Crippen molar-refractivity contribution in [3.63, 3.8) is 0 Å². The maximum Gasteiger partial charge on any atom is 0.242 e. The number of aromatic nitrogens is 2. The van der Waals surface area contributed by atoms with Gasteiger partial charge in [0.2, 0.25) is 5.88 Å². The van der Waals surface area contributed by atoms with Crippen molar-refractivity contribution < 1.29 is 4.74 Å². The van der Waals surface area contributed by atoms with Gasteiger partial charge in [-0.05, 0) is 7.05 Å². The molecule has 1 saturated heterocycles. The fourth-order valence-electron chi connectivity index (χ4n) is 1.70. The molecule has 7 heteroatoms. The Hall–Kier alpha value is -1.60. The van der Waals surface area contributed by atoms with E-state index in [0.29, 0.717) is 17.4 Å². The molecule has 2 rings (SSSR count). The summed E-state index contributed by atoms with van der Waals surface area (Å²) in [6.45, 7) is 3.91. The lowest BCUT2D eigenvalue weighted by Gasteiger charge is -2.32. The molecule has 1 aliphatic rings. The predicted molar refractivity (Wildman–Crippen MR) is 65.7 cm³/mol. The van der Waals surface area contributed by atoms with Crippen molar-refractivity contribution in [1.29, 1.82) is 0 Å². The number of likely N-dealkylation sites (N-methyl/N-ethyl adjacent to an activating group) is 1. The first kappa shape index (κ1) is 11.9. The van der Waals surface area contributed by atoms with Crippen LogP contribution in [0.15, 0.2) is 6.33 Å². The van der Waals surface area contributed by atoms with Gasteiger partial charge in [0.15, 0.2) is 5.82 Å². The van der Waals surface area contributed by atoms with E-state index in [1.165, 1.54) is 6.33 Å². The maximum atomic E-state index is 5.89. The molecule has 0 unspecified atom stereocenters. The number of nitrogen functional groups attached to an aromatic ring is 1. The summed E-state index contributed by atoms with van der Waals surface area (Å²) < 4.78 is 5.05. The minimum absolute atomic E-state index is 0.400. The first-order valence-electron chi connectivity index (χ1n) is 5.55. The third-order valence-electron chi connectivity index (χ3n) is 2.81. The molecule has 2 heterocycles. The van der Waals surface area contributed by atoms with E-state index in [2.05, 4.69) is 32.4 Å². The number of piperazine rings is 1. The highest BCUT2D eigenvalue weighted by Crippen LogP contribution is 2.24. The summed E-state index contributed by atoms with van der Waals surface area (Å²) in [5, 5.41) is 2.10. The van der Waals surface area contributed by atoms with Crippen molar-refractivity contribution in [2.75, 3.05) is 51.5 Å². The fraction of sp³-hybridized carbons (Fsp3) is 0.600. The molecule has 1 aliphatic heterocycles. The summed E-state index contributed by atoms with van der Waals surface area (Å²) in [5.74, 6) is 0.998. The van der Waals surface area contributed by atoms with E-state index >= 15 is 0 Å². The van der Waals surface area contributed by atoms with Crippen LogP contribution in [-0.4, -0.2) is 60.2 Å². The van der Waals surface area contributed by atoms with E-state index in [0.717, 1.165) is 26.2 Å². The normalized spacial score (nSPS) is 18.0. The Balaban J connectivity index is 2.03. The number of nitrogens with one attached hydrogen (secondary N) is 1. The second-order valence-corrected chi connectivity index (χ2v) is 4.05. The van der Waals surface area contributed by atoms with Crippen molar-refractivity contribution in [3.8, 4) is 5.88 Å². The number of ether oxygens (including phenoxy) is 1. The van der Waals surface area contributed by atoms with E-state index in [1.807, 2.05) is 0 Å². The second-order valence-electron chi connectivity index (χ2n) is 4.05. The number of hydrogen-bond acceptors (Lipinski definition) is 7.